The number of carbonyl (C=O) groups is 1. The Hall–Kier alpha value is -1.51. The summed E-state index contributed by atoms with van der Waals surface area (Å²) in [6.45, 7) is 4.33. The minimum Gasteiger partial charge on any atom is -0.374 e. The summed E-state index contributed by atoms with van der Waals surface area (Å²) < 4.78 is 0. The van der Waals surface area contributed by atoms with E-state index >= 15 is 0 Å². The number of primary amides is 1. The van der Waals surface area contributed by atoms with Gasteiger partial charge in [0, 0.05) is 19.3 Å². The van der Waals surface area contributed by atoms with Crippen LogP contribution in [0.25, 0.3) is 0 Å². The number of hydrogen-bond acceptors (Lipinski definition) is 2. The molecule has 0 spiro atoms. The van der Waals surface area contributed by atoms with Crippen molar-refractivity contribution < 1.29 is 4.79 Å². The third-order valence-corrected chi connectivity index (χ3v) is 2.50. The average molecular weight is 206 g/mol. The SMILES string of the molecule is CN(CC(C)(C)C(N)=O)c1ccccc1. The zero-order valence-electron chi connectivity index (χ0n) is 9.53. The highest BCUT2D eigenvalue weighted by Crippen LogP contribution is 2.20. The van der Waals surface area contributed by atoms with Crippen LogP contribution >= 0.6 is 0 Å². The molecule has 0 aliphatic carbocycles. The molecule has 0 bridgehead atoms. The number of benzene rings is 1. The second-order valence-corrected chi connectivity index (χ2v) is 4.44. The summed E-state index contributed by atoms with van der Waals surface area (Å²) in [4.78, 5) is 13.2. The van der Waals surface area contributed by atoms with Crippen molar-refractivity contribution in [3.8, 4) is 0 Å². The van der Waals surface area contributed by atoms with Gasteiger partial charge in [0.05, 0.1) is 5.41 Å². The minimum atomic E-state index is -0.509. The van der Waals surface area contributed by atoms with E-state index < -0.39 is 5.41 Å². The summed E-state index contributed by atoms with van der Waals surface area (Å²) in [5.41, 5.74) is 5.91. The topological polar surface area (TPSA) is 46.3 Å². The first-order valence-electron chi connectivity index (χ1n) is 4.99. The Kier molecular flexibility index (Phi) is 3.35. The van der Waals surface area contributed by atoms with Crippen LogP contribution in [-0.4, -0.2) is 19.5 Å². The van der Waals surface area contributed by atoms with Gasteiger partial charge < -0.3 is 10.6 Å². The molecule has 0 fully saturated rings. The lowest BCUT2D eigenvalue weighted by molar-refractivity contribution is -0.125. The molecule has 3 nitrogen and oxygen atoms in total. The monoisotopic (exact) mass is 206 g/mol. The zero-order chi connectivity index (χ0) is 11.5. The Morgan fingerprint density at radius 1 is 1.33 bits per heavy atom. The van der Waals surface area contributed by atoms with Gasteiger partial charge in [0.2, 0.25) is 5.91 Å². The van der Waals surface area contributed by atoms with Crippen LogP contribution in [-0.2, 0) is 4.79 Å². The molecule has 1 aromatic rings. The summed E-state index contributed by atoms with van der Waals surface area (Å²) in [5, 5.41) is 0. The highest BCUT2D eigenvalue weighted by molar-refractivity contribution is 5.80. The zero-order valence-corrected chi connectivity index (χ0v) is 9.53. The van der Waals surface area contributed by atoms with E-state index in [2.05, 4.69) is 0 Å². The third-order valence-electron chi connectivity index (χ3n) is 2.50. The number of para-hydroxylation sites is 1. The molecule has 1 amide bonds. The minimum absolute atomic E-state index is 0.273. The van der Waals surface area contributed by atoms with Gasteiger partial charge in [0.1, 0.15) is 0 Å². The molecule has 82 valence electrons. The molecule has 0 saturated carbocycles. The molecule has 15 heavy (non-hydrogen) atoms. The van der Waals surface area contributed by atoms with Gasteiger partial charge >= 0.3 is 0 Å². The van der Waals surface area contributed by atoms with E-state index in [1.165, 1.54) is 0 Å². The molecule has 0 heterocycles. The number of rotatable bonds is 4. The first-order valence-corrected chi connectivity index (χ1v) is 4.99. The van der Waals surface area contributed by atoms with Crippen LogP contribution in [0, 0.1) is 5.41 Å². The van der Waals surface area contributed by atoms with E-state index in [4.69, 9.17) is 5.73 Å². The molecule has 0 unspecified atom stereocenters. The van der Waals surface area contributed by atoms with E-state index in [9.17, 15) is 4.79 Å². The largest absolute Gasteiger partial charge is 0.374 e. The van der Waals surface area contributed by atoms with E-state index in [0.717, 1.165) is 5.69 Å². The van der Waals surface area contributed by atoms with Gasteiger partial charge in [-0.1, -0.05) is 18.2 Å². The molecule has 0 radical (unpaired) electrons. The molecule has 0 saturated heterocycles. The maximum absolute atomic E-state index is 11.2. The second-order valence-electron chi connectivity index (χ2n) is 4.44. The van der Waals surface area contributed by atoms with Gasteiger partial charge in [0.25, 0.3) is 0 Å². The lowest BCUT2D eigenvalue weighted by Crippen LogP contribution is -2.41. The summed E-state index contributed by atoms with van der Waals surface area (Å²) in [7, 11) is 1.96. The van der Waals surface area contributed by atoms with Crippen LogP contribution in [0.3, 0.4) is 0 Å². The summed E-state index contributed by atoms with van der Waals surface area (Å²) >= 11 is 0. The Morgan fingerprint density at radius 2 is 1.87 bits per heavy atom. The van der Waals surface area contributed by atoms with Crippen molar-refractivity contribution in [3.63, 3.8) is 0 Å². The van der Waals surface area contributed by atoms with Crippen LogP contribution in [0.2, 0.25) is 0 Å². The predicted molar refractivity (Wildman–Crippen MR) is 62.7 cm³/mol. The van der Waals surface area contributed by atoms with Crippen LogP contribution in [0.5, 0.6) is 0 Å². The van der Waals surface area contributed by atoms with Gasteiger partial charge in [-0.2, -0.15) is 0 Å². The molecule has 3 heteroatoms. The van der Waals surface area contributed by atoms with Crippen molar-refractivity contribution in [2.24, 2.45) is 11.1 Å². The first-order chi connectivity index (χ1) is 6.93. The van der Waals surface area contributed by atoms with Crippen molar-refractivity contribution in [2.45, 2.75) is 13.8 Å². The number of anilines is 1. The molecule has 1 rings (SSSR count). The Morgan fingerprint density at radius 3 is 2.33 bits per heavy atom. The van der Waals surface area contributed by atoms with Crippen molar-refractivity contribution in [1.82, 2.24) is 0 Å². The smallest absolute Gasteiger partial charge is 0.224 e. The average Bonchev–Trinajstić information content (AvgIpc) is 2.18. The maximum atomic E-state index is 11.2. The number of carbonyl (C=O) groups excluding carboxylic acids is 1. The van der Waals surface area contributed by atoms with Crippen molar-refractivity contribution in [3.05, 3.63) is 30.3 Å². The Bertz CT molecular complexity index is 333. The molecule has 1 aromatic carbocycles. The number of nitrogens with zero attached hydrogens (tertiary/aromatic N) is 1. The normalized spacial score (nSPS) is 11.1. The highest BCUT2D eigenvalue weighted by atomic mass is 16.1. The van der Waals surface area contributed by atoms with E-state index in [1.54, 1.807) is 0 Å². The molecule has 2 N–H and O–H groups in total. The van der Waals surface area contributed by atoms with Crippen molar-refractivity contribution >= 4 is 11.6 Å². The van der Waals surface area contributed by atoms with Gasteiger partial charge in [-0.05, 0) is 26.0 Å². The number of nitrogens with two attached hydrogens (primary N) is 1. The predicted octanol–water partition coefficient (Wildman–Crippen LogP) is 1.63. The lowest BCUT2D eigenvalue weighted by Gasteiger charge is -2.28. The van der Waals surface area contributed by atoms with Crippen LogP contribution in [0.15, 0.2) is 30.3 Å². The van der Waals surface area contributed by atoms with Crippen LogP contribution in [0.1, 0.15) is 13.8 Å². The molecule has 0 atom stereocenters. The van der Waals surface area contributed by atoms with Crippen LogP contribution < -0.4 is 10.6 Å². The first kappa shape index (κ1) is 11.6. The van der Waals surface area contributed by atoms with Gasteiger partial charge in [0.15, 0.2) is 0 Å². The maximum Gasteiger partial charge on any atom is 0.224 e. The van der Waals surface area contributed by atoms with Crippen molar-refractivity contribution in [1.29, 1.82) is 0 Å². The van der Waals surface area contributed by atoms with E-state index in [1.807, 2.05) is 56.1 Å². The van der Waals surface area contributed by atoms with Gasteiger partial charge in [-0.25, -0.2) is 0 Å². The molecule has 0 aliphatic rings. The summed E-state index contributed by atoms with van der Waals surface area (Å²) in [6, 6.07) is 9.94. The third kappa shape index (κ3) is 2.98. The molecule has 0 aliphatic heterocycles. The fourth-order valence-corrected chi connectivity index (χ4v) is 1.44. The van der Waals surface area contributed by atoms with Crippen LogP contribution in [0.4, 0.5) is 5.69 Å². The Balaban J connectivity index is 2.72. The standard InChI is InChI=1S/C12H18N2O/c1-12(2,11(13)15)9-14(3)10-7-5-4-6-8-10/h4-8H,9H2,1-3H3,(H2,13,15). The van der Waals surface area contributed by atoms with E-state index in [-0.39, 0.29) is 5.91 Å². The van der Waals surface area contributed by atoms with Gasteiger partial charge in [-0.15, -0.1) is 0 Å². The second kappa shape index (κ2) is 4.34. The summed E-state index contributed by atoms with van der Waals surface area (Å²) in [6.07, 6.45) is 0. The van der Waals surface area contributed by atoms with Gasteiger partial charge in [-0.3, -0.25) is 4.79 Å². The Labute approximate surface area is 90.9 Å². The number of hydrogen-bond donors (Lipinski definition) is 1. The molecular formula is C12H18N2O. The molecule has 0 aromatic heterocycles. The van der Waals surface area contributed by atoms with E-state index in [0.29, 0.717) is 6.54 Å². The lowest BCUT2D eigenvalue weighted by atomic mass is 9.92. The summed E-state index contributed by atoms with van der Waals surface area (Å²) in [5.74, 6) is -0.273. The fourth-order valence-electron chi connectivity index (χ4n) is 1.44. The number of amides is 1. The fraction of sp³-hybridized carbons (Fsp3) is 0.417. The quantitative estimate of drug-likeness (QED) is 0.814. The highest BCUT2D eigenvalue weighted by Gasteiger charge is 2.26. The van der Waals surface area contributed by atoms with Crippen molar-refractivity contribution in [2.75, 3.05) is 18.5 Å². The molecular weight excluding hydrogens is 188 g/mol.